The van der Waals surface area contributed by atoms with Gasteiger partial charge in [0, 0.05) is 18.9 Å². The number of anilines is 2. The molecule has 3 aromatic rings. The fourth-order valence-electron chi connectivity index (χ4n) is 3.68. The Morgan fingerprint density at radius 3 is 2.73 bits per heavy atom. The summed E-state index contributed by atoms with van der Waals surface area (Å²) in [5.74, 6) is -5.64. The number of pyridine rings is 1. The van der Waals surface area contributed by atoms with Crippen LogP contribution in [0.25, 0.3) is 10.9 Å². The minimum absolute atomic E-state index is 0.222. The van der Waals surface area contributed by atoms with Crippen molar-refractivity contribution >= 4 is 34.2 Å². The first kappa shape index (κ1) is 19.7. The van der Waals surface area contributed by atoms with Crippen LogP contribution in [0.1, 0.15) is 24.9 Å². The Bertz CT molecular complexity index is 1100. The Balaban J connectivity index is 1.61. The highest BCUT2D eigenvalue weighted by molar-refractivity contribution is 6.40. The highest BCUT2D eigenvalue weighted by Crippen LogP contribution is 2.43. The number of carbonyl (C=O) groups is 2. The van der Waals surface area contributed by atoms with E-state index in [1.807, 2.05) is 0 Å². The molecule has 1 aliphatic rings. The van der Waals surface area contributed by atoms with Gasteiger partial charge in [0.2, 0.25) is 0 Å². The summed E-state index contributed by atoms with van der Waals surface area (Å²) in [4.78, 5) is 30.9. The zero-order chi connectivity index (χ0) is 21.5. The average Bonchev–Trinajstić information content (AvgIpc) is 3.23. The average molecular weight is 414 g/mol. The highest BCUT2D eigenvalue weighted by Gasteiger charge is 2.48. The Kier molecular flexibility index (Phi) is 4.84. The van der Waals surface area contributed by atoms with E-state index in [-0.39, 0.29) is 18.1 Å². The van der Waals surface area contributed by atoms with Gasteiger partial charge >= 0.3 is 11.8 Å². The number of likely N-dealkylation sites (tertiary alicyclic amines) is 1. The third-order valence-corrected chi connectivity index (χ3v) is 5.44. The molecule has 8 nitrogen and oxygen atoms in total. The lowest BCUT2D eigenvalue weighted by Gasteiger charge is -2.42. The highest BCUT2D eigenvalue weighted by atomic mass is 19.3. The molecule has 2 unspecified atom stereocenters. The van der Waals surface area contributed by atoms with Crippen LogP contribution < -0.4 is 11.1 Å². The van der Waals surface area contributed by atoms with Crippen LogP contribution in [0, 0.1) is 5.92 Å². The number of carbonyl (C=O) groups excluding carboxylic acids is 2. The van der Waals surface area contributed by atoms with E-state index in [1.54, 1.807) is 30.3 Å². The SMILES string of the molecule is CC1CN(C(=O)C(=O)Nc2cnc(N)c3cn[nH]c23)C(c2ccccc2)CC1(F)F. The van der Waals surface area contributed by atoms with Gasteiger partial charge in [-0.15, -0.1) is 0 Å². The van der Waals surface area contributed by atoms with E-state index in [4.69, 9.17) is 5.73 Å². The zero-order valence-corrected chi connectivity index (χ0v) is 16.1. The quantitative estimate of drug-likeness (QED) is 0.558. The molecular weight excluding hydrogens is 394 g/mol. The van der Waals surface area contributed by atoms with Crippen LogP contribution in [-0.4, -0.2) is 44.4 Å². The first-order valence-electron chi connectivity index (χ1n) is 9.40. The number of rotatable bonds is 2. The molecule has 3 heterocycles. The van der Waals surface area contributed by atoms with Crippen molar-refractivity contribution in [2.24, 2.45) is 5.92 Å². The van der Waals surface area contributed by atoms with E-state index >= 15 is 0 Å². The third-order valence-electron chi connectivity index (χ3n) is 5.44. The first-order valence-corrected chi connectivity index (χ1v) is 9.40. The van der Waals surface area contributed by atoms with E-state index in [2.05, 4.69) is 20.5 Å². The molecular formula is C20H20F2N6O2. The molecule has 1 fully saturated rings. The number of nitrogens with two attached hydrogens (primary N) is 1. The first-order chi connectivity index (χ1) is 14.3. The van der Waals surface area contributed by atoms with Crippen LogP contribution in [0.4, 0.5) is 20.3 Å². The second-order valence-electron chi connectivity index (χ2n) is 7.42. The maximum atomic E-state index is 14.4. The molecule has 2 aromatic heterocycles. The summed E-state index contributed by atoms with van der Waals surface area (Å²) in [6.45, 7) is 1.13. The van der Waals surface area contributed by atoms with Crippen molar-refractivity contribution in [2.75, 3.05) is 17.6 Å². The predicted octanol–water partition coefficient (Wildman–Crippen LogP) is 2.72. The van der Waals surface area contributed by atoms with Crippen LogP contribution in [0.15, 0.2) is 42.7 Å². The molecule has 0 bridgehead atoms. The van der Waals surface area contributed by atoms with Crippen LogP contribution in [0.2, 0.25) is 0 Å². The number of halogens is 2. The smallest absolute Gasteiger partial charge is 0.314 e. The van der Waals surface area contributed by atoms with Gasteiger partial charge in [-0.05, 0) is 5.56 Å². The maximum Gasteiger partial charge on any atom is 0.314 e. The van der Waals surface area contributed by atoms with Crippen LogP contribution in [0.5, 0.6) is 0 Å². The van der Waals surface area contributed by atoms with E-state index in [0.29, 0.717) is 16.5 Å². The van der Waals surface area contributed by atoms with Gasteiger partial charge in [-0.3, -0.25) is 14.7 Å². The van der Waals surface area contributed by atoms with E-state index in [0.717, 1.165) is 0 Å². The molecule has 0 radical (unpaired) electrons. The van der Waals surface area contributed by atoms with Gasteiger partial charge < -0.3 is 16.0 Å². The van der Waals surface area contributed by atoms with Crippen molar-refractivity contribution in [2.45, 2.75) is 25.3 Å². The Hall–Kier alpha value is -3.56. The number of aromatic nitrogens is 3. The lowest BCUT2D eigenvalue weighted by molar-refractivity contribution is -0.159. The Labute approximate surface area is 170 Å². The zero-order valence-electron chi connectivity index (χ0n) is 16.1. The van der Waals surface area contributed by atoms with Crippen molar-refractivity contribution < 1.29 is 18.4 Å². The van der Waals surface area contributed by atoms with Crippen LogP contribution in [0.3, 0.4) is 0 Å². The number of amides is 2. The molecule has 1 saturated heterocycles. The summed E-state index contributed by atoms with van der Waals surface area (Å²) < 4.78 is 28.9. The number of aromatic amines is 1. The Morgan fingerprint density at radius 2 is 2.00 bits per heavy atom. The fourth-order valence-corrected chi connectivity index (χ4v) is 3.68. The van der Waals surface area contributed by atoms with Crippen molar-refractivity contribution in [3.8, 4) is 0 Å². The van der Waals surface area contributed by atoms with Gasteiger partial charge in [-0.2, -0.15) is 5.10 Å². The molecule has 4 N–H and O–H groups in total. The minimum Gasteiger partial charge on any atom is -0.383 e. The minimum atomic E-state index is -2.95. The van der Waals surface area contributed by atoms with Crippen LogP contribution in [-0.2, 0) is 9.59 Å². The second kappa shape index (κ2) is 7.36. The predicted molar refractivity (Wildman–Crippen MR) is 107 cm³/mol. The van der Waals surface area contributed by atoms with Gasteiger partial charge in [0.05, 0.1) is 35.0 Å². The number of nitrogen functional groups attached to an aromatic ring is 1. The number of alkyl halides is 2. The molecule has 1 aliphatic heterocycles. The topological polar surface area (TPSA) is 117 Å². The third kappa shape index (κ3) is 3.44. The molecule has 2 atom stereocenters. The Morgan fingerprint density at radius 1 is 1.27 bits per heavy atom. The number of nitrogens with one attached hydrogen (secondary N) is 2. The summed E-state index contributed by atoms with van der Waals surface area (Å²) >= 11 is 0. The number of hydrogen-bond donors (Lipinski definition) is 3. The number of nitrogens with zero attached hydrogens (tertiary/aromatic N) is 3. The molecule has 0 aliphatic carbocycles. The van der Waals surface area contributed by atoms with Gasteiger partial charge in [0.25, 0.3) is 5.92 Å². The maximum absolute atomic E-state index is 14.4. The van der Waals surface area contributed by atoms with Gasteiger partial charge in [0.1, 0.15) is 5.82 Å². The van der Waals surface area contributed by atoms with Crippen molar-refractivity contribution in [1.29, 1.82) is 0 Å². The molecule has 10 heteroatoms. The summed E-state index contributed by atoms with van der Waals surface area (Å²) in [6, 6.07) is 7.62. The van der Waals surface area contributed by atoms with E-state index in [9.17, 15) is 18.4 Å². The number of benzene rings is 1. The molecule has 1 aromatic carbocycles. The summed E-state index contributed by atoms with van der Waals surface area (Å²) in [6.07, 6.45) is 2.21. The number of hydrogen-bond acceptors (Lipinski definition) is 5. The monoisotopic (exact) mass is 414 g/mol. The molecule has 2 amide bonds. The van der Waals surface area contributed by atoms with Gasteiger partial charge in [-0.1, -0.05) is 37.3 Å². The van der Waals surface area contributed by atoms with Crippen molar-refractivity contribution in [3.63, 3.8) is 0 Å². The molecule has 0 spiro atoms. The lowest BCUT2D eigenvalue weighted by Crippen LogP contribution is -2.52. The fraction of sp³-hybridized carbons (Fsp3) is 0.300. The standard InChI is InChI=1S/C20H20F2N6O2/c1-11-10-28(15(7-20(11,21)22)12-5-3-2-4-6-12)19(30)18(29)26-14-9-24-17(23)13-8-25-27-16(13)14/h2-6,8-9,11,15H,7,10H2,1H3,(H2,23,24)(H,25,27)(H,26,29). The molecule has 30 heavy (non-hydrogen) atoms. The molecule has 0 saturated carbocycles. The van der Waals surface area contributed by atoms with Crippen LogP contribution >= 0.6 is 0 Å². The number of piperidine rings is 1. The van der Waals surface area contributed by atoms with Crippen molar-refractivity contribution in [3.05, 3.63) is 48.3 Å². The van der Waals surface area contributed by atoms with Gasteiger partial charge in [0.15, 0.2) is 0 Å². The van der Waals surface area contributed by atoms with Crippen molar-refractivity contribution in [1.82, 2.24) is 20.1 Å². The van der Waals surface area contributed by atoms with E-state index in [1.165, 1.54) is 24.2 Å². The largest absolute Gasteiger partial charge is 0.383 e. The lowest BCUT2D eigenvalue weighted by atomic mass is 9.86. The summed E-state index contributed by atoms with van der Waals surface area (Å²) in [5.41, 5.74) is 6.96. The summed E-state index contributed by atoms with van der Waals surface area (Å²) in [5, 5.41) is 9.55. The summed E-state index contributed by atoms with van der Waals surface area (Å²) in [7, 11) is 0. The number of H-pyrrole nitrogens is 1. The van der Waals surface area contributed by atoms with Gasteiger partial charge in [-0.25, -0.2) is 13.8 Å². The van der Waals surface area contributed by atoms with E-state index < -0.39 is 36.1 Å². The number of fused-ring (bicyclic) bond motifs is 1. The normalized spacial score (nSPS) is 20.8. The second-order valence-corrected chi connectivity index (χ2v) is 7.42. The molecule has 4 rings (SSSR count). The molecule has 156 valence electrons.